The van der Waals surface area contributed by atoms with Crippen molar-refractivity contribution in [2.75, 3.05) is 0 Å². The zero-order chi connectivity index (χ0) is 24.4. The summed E-state index contributed by atoms with van der Waals surface area (Å²) in [5.74, 6) is 0.00533. The largest absolute Gasteiger partial charge is 0.348 e. The van der Waals surface area contributed by atoms with E-state index in [0.717, 1.165) is 65.8 Å². The molecule has 3 N–H and O–H groups in total. The lowest BCUT2D eigenvalue weighted by atomic mass is 9.90. The number of H-pyrrole nitrogens is 1. The van der Waals surface area contributed by atoms with Crippen molar-refractivity contribution < 1.29 is 4.79 Å². The van der Waals surface area contributed by atoms with Crippen LogP contribution >= 0.6 is 0 Å². The first-order valence-electron chi connectivity index (χ1n) is 12.2. The van der Waals surface area contributed by atoms with E-state index in [0.29, 0.717) is 11.7 Å². The van der Waals surface area contributed by atoms with Gasteiger partial charge in [0.1, 0.15) is 12.7 Å². The molecule has 35 heavy (non-hydrogen) atoms. The van der Waals surface area contributed by atoms with E-state index in [-0.39, 0.29) is 17.9 Å². The molecule has 0 spiro atoms. The van der Waals surface area contributed by atoms with Crippen molar-refractivity contribution in [3.63, 3.8) is 0 Å². The number of amides is 1. The Morgan fingerprint density at radius 2 is 1.89 bits per heavy atom. The van der Waals surface area contributed by atoms with Gasteiger partial charge >= 0.3 is 0 Å². The first-order chi connectivity index (χ1) is 17.0. The van der Waals surface area contributed by atoms with Gasteiger partial charge in [-0.2, -0.15) is 10.2 Å². The number of aromatic nitrogens is 7. The normalized spacial score (nSPS) is 18.3. The summed E-state index contributed by atoms with van der Waals surface area (Å²) < 4.78 is 1.76. The Balaban J connectivity index is 1.25. The summed E-state index contributed by atoms with van der Waals surface area (Å²) in [7, 11) is 0. The van der Waals surface area contributed by atoms with Crippen LogP contribution in [0.5, 0.6) is 0 Å². The van der Waals surface area contributed by atoms with Crippen molar-refractivity contribution in [1.82, 2.24) is 45.4 Å². The number of fused-ring (bicyclic) bond motifs is 1. The smallest absolute Gasteiger partial charge is 0.272 e. The van der Waals surface area contributed by atoms with Crippen LogP contribution in [0.15, 0.2) is 37.3 Å². The maximum atomic E-state index is 13.3. The Morgan fingerprint density at radius 1 is 1.14 bits per heavy atom. The molecule has 0 aliphatic heterocycles. The van der Waals surface area contributed by atoms with Crippen molar-refractivity contribution in [3.05, 3.63) is 59.7 Å². The molecule has 182 valence electrons. The predicted molar refractivity (Wildman–Crippen MR) is 132 cm³/mol. The first-order valence-corrected chi connectivity index (χ1v) is 12.2. The summed E-state index contributed by atoms with van der Waals surface area (Å²) in [5.41, 5.74) is 6.09. The minimum Gasteiger partial charge on any atom is -0.348 e. The van der Waals surface area contributed by atoms with E-state index in [1.54, 1.807) is 17.2 Å². The van der Waals surface area contributed by atoms with Crippen molar-refractivity contribution in [1.29, 1.82) is 0 Å². The molecular formula is C25H31N9O. The Morgan fingerprint density at radius 3 is 2.63 bits per heavy atom. The van der Waals surface area contributed by atoms with Crippen LogP contribution in [0.1, 0.15) is 72.6 Å². The molecule has 0 atom stereocenters. The van der Waals surface area contributed by atoms with Gasteiger partial charge in [-0.3, -0.25) is 9.89 Å². The van der Waals surface area contributed by atoms with E-state index >= 15 is 0 Å². The van der Waals surface area contributed by atoms with Gasteiger partial charge in [-0.1, -0.05) is 13.8 Å². The SMILES string of the molecule is Cc1cc(-c2[nH]nc(C(=O)N[C@H]3CC[C@@H](NCc4cncnc4)CC3)c2C(C)C)cn2ncnc12. The second kappa shape index (κ2) is 9.91. The minimum atomic E-state index is -0.118. The number of aromatic amines is 1. The van der Waals surface area contributed by atoms with Crippen molar-refractivity contribution in [3.8, 4) is 11.3 Å². The molecule has 4 heterocycles. The fourth-order valence-electron chi connectivity index (χ4n) is 4.92. The topological polar surface area (TPSA) is 126 Å². The number of rotatable bonds is 7. The monoisotopic (exact) mass is 473 g/mol. The summed E-state index contributed by atoms with van der Waals surface area (Å²) >= 11 is 0. The predicted octanol–water partition coefficient (Wildman–Crippen LogP) is 3.17. The lowest BCUT2D eigenvalue weighted by Crippen LogP contribution is -2.42. The summed E-state index contributed by atoms with van der Waals surface area (Å²) in [6.07, 6.45) is 12.6. The second-order valence-electron chi connectivity index (χ2n) is 9.61. The summed E-state index contributed by atoms with van der Waals surface area (Å²) in [6, 6.07) is 2.64. The molecule has 1 amide bonds. The van der Waals surface area contributed by atoms with Gasteiger partial charge in [0.15, 0.2) is 11.3 Å². The van der Waals surface area contributed by atoms with Crippen LogP contribution in [0, 0.1) is 6.92 Å². The lowest BCUT2D eigenvalue weighted by Gasteiger charge is -2.29. The zero-order valence-electron chi connectivity index (χ0n) is 20.3. The van der Waals surface area contributed by atoms with Gasteiger partial charge in [0.2, 0.25) is 0 Å². The van der Waals surface area contributed by atoms with E-state index in [4.69, 9.17) is 0 Å². The number of hydrogen-bond acceptors (Lipinski definition) is 7. The third-order valence-electron chi connectivity index (χ3n) is 6.72. The van der Waals surface area contributed by atoms with Crippen LogP contribution < -0.4 is 10.6 Å². The number of carbonyl (C=O) groups excluding carboxylic acids is 1. The Labute approximate surface area is 204 Å². The van der Waals surface area contributed by atoms with Gasteiger partial charge in [0, 0.05) is 53.9 Å². The van der Waals surface area contributed by atoms with Gasteiger partial charge in [-0.25, -0.2) is 19.5 Å². The Kier molecular flexibility index (Phi) is 6.54. The molecular weight excluding hydrogens is 442 g/mol. The van der Waals surface area contributed by atoms with Gasteiger partial charge in [-0.15, -0.1) is 0 Å². The van der Waals surface area contributed by atoms with Crippen LogP contribution in [0.3, 0.4) is 0 Å². The number of carbonyl (C=O) groups is 1. The number of hydrogen-bond donors (Lipinski definition) is 3. The Hall–Kier alpha value is -3.66. The van der Waals surface area contributed by atoms with Crippen LogP contribution in [0.4, 0.5) is 0 Å². The Bertz CT molecular complexity index is 1300. The lowest BCUT2D eigenvalue weighted by molar-refractivity contribution is 0.0917. The van der Waals surface area contributed by atoms with E-state index in [1.165, 1.54) is 0 Å². The van der Waals surface area contributed by atoms with Crippen molar-refractivity contribution in [2.45, 2.75) is 71.0 Å². The van der Waals surface area contributed by atoms with Crippen LogP contribution in [0.2, 0.25) is 0 Å². The minimum absolute atomic E-state index is 0.118. The molecule has 4 aromatic heterocycles. The molecule has 10 heteroatoms. The van der Waals surface area contributed by atoms with E-state index in [1.807, 2.05) is 25.5 Å². The highest BCUT2D eigenvalue weighted by Crippen LogP contribution is 2.31. The number of pyridine rings is 1. The van der Waals surface area contributed by atoms with Crippen LogP contribution in [0.25, 0.3) is 16.9 Å². The van der Waals surface area contributed by atoms with E-state index in [9.17, 15) is 4.79 Å². The van der Waals surface area contributed by atoms with Crippen molar-refractivity contribution in [2.24, 2.45) is 0 Å². The average Bonchev–Trinajstić information content (AvgIpc) is 3.52. The summed E-state index contributed by atoms with van der Waals surface area (Å²) in [5, 5.41) is 18.7. The molecule has 0 unspecified atom stereocenters. The third kappa shape index (κ3) is 4.93. The zero-order valence-corrected chi connectivity index (χ0v) is 20.3. The van der Waals surface area contributed by atoms with E-state index < -0.39 is 0 Å². The number of nitrogens with one attached hydrogen (secondary N) is 3. The van der Waals surface area contributed by atoms with E-state index in [2.05, 4.69) is 60.8 Å². The highest BCUT2D eigenvalue weighted by molar-refractivity contribution is 5.96. The maximum absolute atomic E-state index is 13.3. The molecule has 1 fully saturated rings. The first kappa shape index (κ1) is 23.1. The molecule has 4 aromatic rings. The molecule has 10 nitrogen and oxygen atoms in total. The molecule has 1 saturated carbocycles. The highest BCUT2D eigenvalue weighted by atomic mass is 16.2. The standard InChI is InChI=1S/C25H31N9O/c1-15(2)21-22(18-8-16(3)24-29-14-30-34(24)12-18)32-33-23(21)25(35)31-20-6-4-19(5-7-20)28-11-17-9-26-13-27-10-17/h8-10,12-15,19-20,28H,4-7,11H2,1-3H3,(H,31,35)(H,32,33)/t19-,20+. The van der Waals surface area contributed by atoms with Crippen LogP contribution in [-0.2, 0) is 6.54 Å². The number of nitrogens with zero attached hydrogens (tertiary/aromatic N) is 6. The van der Waals surface area contributed by atoms with Gasteiger partial charge in [0.05, 0.1) is 5.69 Å². The second-order valence-corrected chi connectivity index (χ2v) is 9.61. The molecule has 5 rings (SSSR count). The van der Waals surface area contributed by atoms with Gasteiger partial charge in [0.25, 0.3) is 5.91 Å². The quantitative estimate of drug-likeness (QED) is 0.376. The summed E-state index contributed by atoms with van der Waals surface area (Å²) in [4.78, 5) is 25.7. The third-order valence-corrected chi connectivity index (χ3v) is 6.72. The van der Waals surface area contributed by atoms with Crippen LogP contribution in [-0.4, -0.2) is 52.8 Å². The van der Waals surface area contributed by atoms with Crippen molar-refractivity contribution >= 4 is 11.6 Å². The van der Waals surface area contributed by atoms with Gasteiger partial charge in [-0.05, 0) is 50.2 Å². The molecule has 0 saturated heterocycles. The highest BCUT2D eigenvalue weighted by Gasteiger charge is 2.27. The van der Waals surface area contributed by atoms with Gasteiger partial charge < -0.3 is 10.6 Å². The molecule has 1 aliphatic carbocycles. The fourth-order valence-corrected chi connectivity index (χ4v) is 4.92. The molecule has 0 radical (unpaired) electrons. The number of aryl methyl sites for hydroxylation is 1. The molecule has 1 aliphatic rings. The molecule has 0 bridgehead atoms. The summed E-state index contributed by atoms with van der Waals surface area (Å²) in [6.45, 7) is 6.93. The maximum Gasteiger partial charge on any atom is 0.272 e. The average molecular weight is 474 g/mol. The fraction of sp³-hybridized carbons (Fsp3) is 0.440. The molecule has 0 aromatic carbocycles.